The van der Waals surface area contributed by atoms with Gasteiger partial charge in [-0.3, -0.25) is 0 Å². The molecule has 0 amide bonds. The second kappa shape index (κ2) is 8.10. The first kappa shape index (κ1) is 20.2. The van der Waals surface area contributed by atoms with Gasteiger partial charge in [0.15, 0.2) is 17.3 Å². The molecule has 7 nitrogen and oxygen atoms in total. The van der Waals surface area contributed by atoms with E-state index in [0.29, 0.717) is 35.6 Å². The number of benzene rings is 1. The number of aromatic nitrogens is 5. The van der Waals surface area contributed by atoms with Crippen molar-refractivity contribution in [1.82, 2.24) is 24.6 Å². The minimum absolute atomic E-state index is 0.196. The minimum atomic E-state index is -1.16. The Morgan fingerprint density at radius 3 is 2.75 bits per heavy atom. The summed E-state index contributed by atoms with van der Waals surface area (Å²) < 4.78 is 43.5. The summed E-state index contributed by atoms with van der Waals surface area (Å²) in [5.74, 6) is -0.866. The van der Waals surface area contributed by atoms with E-state index < -0.39 is 23.8 Å². The Bertz CT molecular complexity index is 1280. The van der Waals surface area contributed by atoms with Crippen LogP contribution in [-0.2, 0) is 0 Å². The van der Waals surface area contributed by atoms with Crippen molar-refractivity contribution >= 4 is 17.4 Å². The zero-order valence-corrected chi connectivity index (χ0v) is 17.2. The molecule has 0 spiro atoms. The number of alkyl halides is 1. The van der Waals surface area contributed by atoms with Gasteiger partial charge in [-0.1, -0.05) is 6.07 Å². The summed E-state index contributed by atoms with van der Waals surface area (Å²) in [5.41, 5.74) is 2.37. The molecule has 3 aromatic heterocycles. The summed E-state index contributed by atoms with van der Waals surface area (Å²) >= 11 is 0. The number of pyridine rings is 1. The fraction of sp³-hybridized carbons (Fsp3) is 0.273. The molecule has 0 aliphatic carbocycles. The van der Waals surface area contributed by atoms with Gasteiger partial charge in [0.05, 0.1) is 12.6 Å². The van der Waals surface area contributed by atoms with Gasteiger partial charge in [-0.2, -0.15) is 4.98 Å². The monoisotopic (exact) mass is 439 g/mol. The van der Waals surface area contributed by atoms with Crippen LogP contribution < -0.4 is 10.2 Å². The number of hydrogen-bond donors (Lipinski definition) is 1. The Morgan fingerprint density at radius 1 is 1.09 bits per heavy atom. The van der Waals surface area contributed by atoms with E-state index in [4.69, 9.17) is 0 Å². The van der Waals surface area contributed by atoms with Crippen molar-refractivity contribution in [3.8, 4) is 11.1 Å². The Morgan fingerprint density at radius 2 is 1.97 bits per heavy atom. The third-order valence-electron chi connectivity index (χ3n) is 5.56. The zero-order chi connectivity index (χ0) is 22.2. The summed E-state index contributed by atoms with van der Waals surface area (Å²) in [5, 5.41) is 7.47. The minimum Gasteiger partial charge on any atom is -0.353 e. The van der Waals surface area contributed by atoms with Gasteiger partial charge in [-0.05, 0) is 43.2 Å². The highest BCUT2D eigenvalue weighted by molar-refractivity contribution is 5.77. The third-order valence-corrected chi connectivity index (χ3v) is 5.56. The maximum absolute atomic E-state index is 15.0. The van der Waals surface area contributed by atoms with Crippen molar-refractivity contribution in [2.24, 2.45) is 0 Å². The average Bonchev–Trinajstić information content (AvgIpc) is 3.20. The van der Waals surface area contributed by atoms with E-state index in [1.54, 1.807) is 18.3 Å². The van der Waals surface area contributed by atoms with Crippen molar-refractivity contribution in [3.63, 3.8) is 0 Å². The largest absolute Gasteiger partial charge is 0.353 e. The lowest BCUT2D eigenvalue weighted by Crippen LogP contribution is -2.48. The molecule has 164 valence electrons. The van der Waals surface area contributed by atoms with Gasteiger partial charge in [0, 0.05) is 30.1 Å². The number of nitrogens with zero attached hydrogens (tertiary/aromatic N) is 6. The molecule has 10 heteroatoms. The first-order chi connectivity index (χ1) is 15.5. The molecule has 1 aromatic carbocycles. The highest BCUT2D eigenvalue weighted by Gasteiger charge is 2.31. The van der Waals surface area contributed by atoms with Gasteiger partial charge in [0.2, 0.25) is 5.95 Å². The molecule has 1 aliphatic rings. The molecule has 4 heterocycles. The second-order valence-corrected chi connectivity index (χ2v) is 7.77. The zero-order valence-electron chi connectivity index (χ0n) is 17.2. The summed E-state index contributed by atoms with van der Waals surface area (Å²) in [6.07, 6.45) is 2.56. The molecule has 5 rings (SSSR count). The van der Waals surface area contributed by atoms with Crippen LogP contribution in [0.1, 0.15) is 12.1 Å². The quantitative estimate of drug-likeness (QED) is 0.522. The molecule has 4 aromatic rings. The van der Waals surface area contributed by atoms with Crippen LogP contribution in [0.3, 0.4) is 0 Å². The Kier molecular flexibility index (Phi) is 5.12. The molecule has 1 unspecified atom stereocenters. The summed E-state index contributed by atoms with van der Waals surface area (Å²) in [6.45, 7) is 2.69. The van der Waals surface area contributed by atoms with E-state index in [-0.39, 0.29) is 12.5 Å². The molecule has 0 saturated carbocycles. The van der Waals surface area contributed by atoms with Gasteiger partial charge in [-0.15, -0.1) is 5.10 Å². The van der Waals surface area contributed by atoms with Crippen LogP contribution in [0.25, 0.3) is 16.8 Å². The molecule has 32 heavy (non-hydrogen) atoms. The predicted molar refractivity (Wildman–Crippen MR) is 114 cm³/mol. The molecule has 1 aliphatic heterocycles. The molecule has 0 radical (unpaired) electrons. The number of halogens is 3. The number of fused-ring (bicyclic) bond motifs is 1. The molecule has 1 N–H and O–H groups in total. The number of hydrogen-bond acceptors (Lipinski definition) is 6. The fourth-order valence-electron chi connectivity index (χ4n) is 3.91. The van der Waals surface area contributed by atoms with Crippen LogP contribution in [0.4, 0.5) is 24.9 Å². The van der Waals surface area contributed by atoms with Crippen molar-refractivity contribution in [1.29, 1.82) is 0 Å². The molecule has 2 atom stereocenters. The van der Waals surface area contributed by atoms with Crippen LogP contribution in [-0.4, -0.2) is 49.9 Å². The van der Waals surface area contributed by atoms with E-state index in [9.17, 15) is 13.2 Å². The highest BCUT2D eigenvalue weighted by atomic mass is 19.2. The van der Waals surface area contributed by atoms with E-state index in [0.717, 1.165) is 17.8 Å². The Balaban J connectivity index is 1.35. The van der Waals surface area contributed by atoms with Gasteiger partial charge >= 0.3 is 0 Å². The number of piperidine rings is 1. The summed E-state index contributed by atoms with van der Waals surface area (Å²) in [6, 6.07) is 8.54. The van der Waals surface area contributed by atoms with Gasteiger partial charge < -0.3 is 10.2 Å². The van der Waals surface area contributed by atoms with Crippen molar-refractivity contribution < 1.29 is 13.2 Å². The van der Waals surface area contributed by atoms with E-state index in [2.05, 4.69) is 25.4 Å². The van der Waals surface area contributed by atoms with Crippen LogP contribution >= 0.6 is 0 Å². The fourth-order valence-corrected chi connectivity index (χ4v) is 3.91. The molecule has 0 bridgehead atoms. The smallest absolute Gasteiger partial charge is 0.243 e. The number of aryl methyl sites for hydroxylation is 1. The number of anilines is 2. The van der Waals surface area contributed by atoms with E-state index >= 15 is 0 Å². The highest BCUT2D eigenvalue weighted by Crippen LogP contribution is 2.27. The predicted octanol–water partition coefficient (Wildman–Crippen LogP) is 3.80. The number of nitrogens with one attached hydrogen (secondary N) is 1. The normalized spacial score (nSPS) is 18.8. The van der Waals surface area contributed by atoms with Crippen LogP contribution in [0.15, 0.2) is 48.9 Å². The van der Waals surface area contributed by atoms with E-state index in [1.165, 1.54) is 16.9 Å². The average molecular weight is 439 g/mol. The first-order valence-electron chi connectivity index (χ1n) is 10.2. The molecular weight excluding hydrogens is 419 g/mol. The van der Waals surface area contributed by atoms with Gasteiger partial charge in [-0.25, -0.2) is 27.7 Å². The van der Waals surface area contributed by atoms with Crippen molar-refractivity contribution in [3.05, 3.63) is 66.3 Å². The first-order valence-corrected chi connectivity index (χ1v) is 10.2. The maximum atomic E-state index is 15.0. The van der Waals surface area contributed by atoms with Crippen LogP contribution in [0.2, 0.25) is 0 Å². The SMILES string of the molecule is Cc1cc(N2CCC(Nc3nc4c(-c5ccc(F)c(F)c5)cccn4n3)[C@@H](F)C2)ncn1. The number of rotatable bonds is 4. The lowest BCUT2D eigenvalue weighted by Gasteiger charge is -2.35. The van der Waals surface area contributed by atoms with Crippen molar-refractivity contribution in [2.45, 2.75) is 25.6 Å². The second-order valence-electron chi connectivity index (χ2n) is 7.77. The van der Waals surface area contributed by atoms with E-state index in [1.807, 2.05) is 17.9 Å². The maximum Gasteiger partial charge on any atom is 0.243 e. The third kappa shape index (κ3) is 3.83. The lowest BCUT2D eigenvalue weighted by atomic mass is 10.0. The molecular formula is C22H20F3N7. The topological polar surface area (TPSA) is 71.2 Å². The Hall–Kier alpha value is -3.69. The lowest BCUT2D eigenvalue weighted by molar-refractivity contribution is 0.262. The van der Waals surface area contributed by atoms with Crippen molar-refractivity contribution in [2.75, 3.05) is 23.3 Å². The van der Waals surface area contributed by atoms with Crippen LogP contribution in [0.5, 0.6) is 0 Å². The van der Waals surface area contributed by atoms with Gasteiger partial charge in [0.25, 0.3) is 0 Å². The molecule has 1 saturated heterocycles. The molecule has 1 fully saturated rings. The summed E-state index contributed by atoms with van der Waals surface area (Å²) in [7, 11) is 0. The standard InChI is InChI=1S/C22H20F3N7/c1-13-9-20(27-12-26-13)31-8-6-19(18(25)11-31)28-22-29-21-15(3-2-7-32(21)30-22)14-4-5-16(23)17(24)10-14/h2-5,7,9-10,12,18-19H,6,8,11H2,1H3,(H,28,30)/t18-,19?/m0/s1. The van der Waals surface area contributed by atoms with Gasteiger partial charge in [0.1, 0.15) is 18.3 Å². The van der Waals surface area contributed by atoms with Crippen LogP contribution in [0, 0.1) is 18.6 Å². The summed E-state index contributed by atoms with van der Waals surface area (Å²) in [4.78, 5) is 14.7. The Labute approximate surface area is 182 Å².